The number of carbonyl (C=O) groups excluding carboxylic acids is 1. The molecule has 0 saturated carbocycles. The van der Waals surface area contributed by atoms with Gasteiger partial charge in [-0.2, -0.15) is 4.31 Å². The molecular formula is C19H22N2O6S2. The maximum absolute atomic E-state index is 12.8. The first-order chi connectivity index (χ1) is 13.8. The van der Waals surface area contributed by atoms with E-state index >= 15 is 0 Å². The Morgan fingerprint density at radius 1 is 1.03 bits per heavy atom. The zero-order valence-corrected chi connectivity index (χ0v) is 17.5. The molecule has 1 aliphatic heterocycles. The summed E-state index contributed by atoms with van der Waals surface area (Å²) in [5.74, 6) is -0.699. The second-order valence-corrected chi connectivity index (χ2v) is 10.6. The van der Waals surface area contributed by atoms with Crippen LogP contribution in [0.15, 0.2) is 58.3 Å². The lowest BCUT2D eigenvalue weighted by atomic mass is 10.2. The number of ether oxygens (including phenoxy) is 1. The molecule has 1 amide bonds. The summed E-state index contributed by atoms with van der Waals surface area (Å²) < 4.78 is 56.6. The number of sulfonamides is 1. The lowest BCUT2D eigenvalue weighted by Crippen LogP contribution is -2.40. The Morgan fingerprint density at radius 2 is 1.72 bits per heavy atom. The number of amides is 1. The molecule has 0 aliphatic carbocycles. The van der Waals surface area contributed by atoms with E-state index in [1.165, 1.54) is 47.6 Å². The summed E-state index contributed by atoms with van der Waals surface area (Å²) in [6.07, 6.45) is 0. The number of hydrogen-bond acceptors (Lipinski definition) is 6. The van der Waals surface area contributed by atoms with Gasteiger partial charge >= 0.3 is 0 Å². The first-order valence-electron chi connectivity index (χ1n) is 9.07. The number of benzene rings is 2. The molecule has 1 aliphatic rings. The zero-order valence-electron chi connectivity index (χ0n) is 15.9. The highest BCUT2D eigenvalue weighted by molar-refractivity contribution is 7.91. The topological polar surface area (TPSA) is 110 Å². The van der Waals surface area contributed by atoms with Crippen LogP contribution in [0.1, 0.15) is 17.3 Å². The average Bonchev–Trinajstić information content (AvgIpc) is 2.74. The minimum atomic E-state index is -3.75. The fourth-order valence-electron chi connectivity index (χ4n) is 2.92. The van der Waals surface area contributed by atoms with Gasteiger partial charge in [0, 0.05) is 18.7 Å². The van der Waals surface area contributed by atoms with E-state index < -0.39 is 25.8 Å². The van der Waals surface area contributed by atoms with E-state index in [-0.39, 0.29) is 39.9 Å². The van der Waals surface area contributed by atoms with Crippen LogP contribution < -0.4 is 5.32 Å². The Morgan fingerprint density at radius 3 is 2.41 bits per heavy atom. The summed E-state index contributed by atoms with van der Waals surface area (Å²) >= 11 is 0. The normalized spacial score (nSPS) is 15.8. The number of nitrogens with one attached hydrogen (secondary N) is 1. The second-order valence-electron chi connectivity index (χ2n) is 6.40. The lowest BCUT2D eigenvalue weighted by Gasteiger charge is -2.26. The SMILES string of the molecule is CCS(=O)(=O)c1ccccc1NC(=O)c1cccc(S(=O)(=O)N2CCOCC2)c1. The second kappa shape index (κ2) is 8.62. The quantitative estimate of drug-likeness (QED) is 0.736. The largest absolute Gasteiger partial charge is 0.379 e. The van der Waals surface area contributed by atoms with Crippen LogP contribution in [0.4, 0.5) is 5.69 Å². The molecule has 0 aromatic heterocycles. The van der Waals surface area contributed by atoms with Gasteiger partial charge in [-0.25, -0.2) is 16.8 Å². The smallest absolute Gasteiger partial charge is 0.255 e. The Kier molecular flexibility index (Phi) is 6.37. The summed E-state index contributed by atoms with van der Waals surface area (Å²) in [5.41, 5.74) is 0.267. The molecule has 1 saturated heterocycles. The van der Waals surface area contributed by atoms with Gasteiger partial charge < -0.3 is 10.1 Å². The van der Waals surface area contributed by atoms with Crippen LogP contribution in [-0.2, 0) is 24.6 Å². The van der Waals surface area contributed by atoms with Crippen LogP contribution in [0.5, 0.6) is 0 Å². The van der Waals surface area contributed by atoms with Gasteiger partial charge in [-0.1, -0.05) is 25.1 Å². The van der Waals surface area contributed by atoms with Gasteiger partial charge in [-0.15, -0.1) is 0 Å². The van der Waals surface area contributed by atoms with Crippen molar-refractivity contribution < 1.29 is 26.4 Å². The van der Waals surface area contributed by atoms with E-state index in [4.69, 9.17) is 4.74 Å². The molecule has 2 aromatic carbocycles. The first kappa shape index (κ1) is 21.4. The number of anilines is 1. The molecule has 0 atom stereocenters. The fourth-order valence-corrected chi connectivity index (χ4v) is 5.43. The van der Waals surface area contributed by atoms with Crippen molar-refractivity contribution >= 4 is 31.5 Å². The van der Waals surface area contributed by atoms with Gasteiger partial charge in [0.2, 0.25) is 10.0 Å². The van der Waals surface area contributed by atoms with Crippen molar-refractivity contribution in [3.8, 4) is 0 Å². The summed E-state index contributed by atoms with van der Waals surface area (Å²) in [7, 11) is -7.28. The van der Waals surface area contributed by atoms with Crippen molar-refractivity contribution in [2.75, 3.05) is 37.4 Å². The Balaban J connectivity index is 1.88. The van der Waals surface area contributed by atoms with Crippen molar-refractivity contribution in [3.63, 3.8) is 0 Å². The highest BCUT2D eigenvalue weighted by Gasteiger charge is 2.27. The number of nitrogens with zero attached hydrogens (tertiary/aromatic N) is 1. The van der Waals surface area contributed by atoms with Crippen molar-refractivity contribution in [2.45, 2.75) is 16.7 Å². The molecule has 1 heterocycles. The number of morpholine rings is 1. The van der Waals surface area contributed by atoms with Gasteiger partial charge in [0.15, 0.2) is 9.84 Å². The molecule has 0 spiro atoms. The third kappa shape index (κ3) is 4.67. The van der Waals surface area contributed by atoms with Crippen LogP contribution in [-0.4, -0.2) is 59.1 Å². The number of rotatable bonds is 6. The van der Waals surface area contributed by atoms with Gasteiger partial charge in [0.1, 0.15) is 0 Å². The van der Waals surface area contributed by atoms with E-state index in [9.17, 15) is 21.6 Å². The molecular weight excluding hydrogens is 416 g/mol. The van der Waals surface area contributed by atoms with E-state index in [0.717, 1.165) is 0 Å². The van der Waals surface area contributed by atoms with Crippen LogP contribution in [0, 0.1) is 0 Å². The monoisotopic (exact) mass is 438 g/mol. The predicted molar refractivity (Wildman–Crippen MR) is 108 cm³/mol. The maximum atomic E-state index is 12.8. The molecule has 0 bridgehead atoms. The van der Waals surface area contributed by atoms with Gasteiger partial charge in [0.25, 0.3) is 5.91 Å². The molecule has 8 nitrogen and oxygen atoms in total. The number of hydrogen-bond donors (Lipinski definition) is 1. The molecule has 29 heavy (non-hydrogen) atoms. The zero-order chi connectivity index (χ0) is 21.1. The summed E-state index contributed by atoms with van der Waals surface area (Å²) in [5, 5.41) is 2.58. The van der Waals surface area contributed by atoms with E-state index in [0.29, 0.717) is 13.2 Å². The Hall–Kier alpha value is -2.27. The minimum absolute atomic E-state index is 0.00140. The van der Waals surface area contributed by atoms with Gasteiger partial charge in [-0.05, 0) is 30.3 Å². The van der Waals surface area contributed by atoms with Crippen molar-refractivity contribution in [1.29, 1.82) is 0 Å². The third-order valence-electron chi connectivity index (χ3n) is 4.55. The minimum Gasteiger partial charge on any atom is -0.379 e. The molecule has 10 heteroatoms. The molecule has 0 radical (unpaired) electrons. The van der Waals surface area contributed by atoms with E-state index in [1.807, 2.05) is 0 Å². The van der Waals surface area contributed by atoms with Crippen molar-refractivity contribution in [3.05, 3.63) is 54.1 Å². The van der Waals surface area contributed by atoms with E-state index in [1.54, 1.807) is 12.1 Å². The molecule has 1 fully saturated rings. The molecule has 1 N–H and O–H groups in total. The molecule has 2 aromatic rings. The number of sulfone groups is 1. The van der Waals surface area contributed by atoms with E-state index in [2.05, 4.69) is 5.32 Å². The third-order valence-corrected chi connectivity index (χ3v) is 8.24. The highest BCUT2D eigenvalue weighted by Crippen LogP contribution is 2.24. The summed E-state index contributed by atoms with van der Waals surface area (Å²) in [6.45, 7) is 2.67. The molecule has 156 valence electrons. The molecule has 3 rings (SSSR count). The summed E-state index contributed by atoms with van der Waals surface area (Å²) in [6, 6.07) is 11.8. The predicted octanol–water partition coefficient (Wildman–Crippen LogP) is 1.75. The lowest BCUT2D eigenvalue weighted by molar-refractivity contribution is 0.0730. The Labute approximate surface area is 170 Å². The van der Waals surface area contributed by atoms with Crippen LogP contribution in [0.2, 0.25) is 0 Å². The molecule has 0 unspecified atom stereocenters. The first-order valence-corrected chi connectivity index (χ1v) is 12.2. The van der Waals surface area contributed by atoms with Crippen molar-refractivity contribution in [1.82, 2.24) is 4.31 Å². The van der Waals surface area contributed by atoms with Gasteiger partial charge in [0.05, 0.1) is 34.4 Å². The maximum Gasteiger partial charge on any atom is 0.255 e. The van der Waals surface area contributed by atoms with Crippen LogP contribution >= 0.6 is 0 Å². The highest BCUT2D eigenvalue weighted by atomic mass is 32.2. The summed E-state index contributed by atoms with van der Waals surface area (Å²) in [4.78, 5) is 12.7. The van der Waals surface area contributed by atoms with Crippen molar-refractivity contribution in [2.24, 2.45) is 0 Å². The number of carbonyl (C=O) groups is 1. The Bertz CT molecular complexity index is 1110. The number of para-hydroxylation sites is 1. The average molecular weight is 439 g/mol. The van der Waals surface area contributed by atoms with Crippen LogP contribution in [0.3, 0.4) is 0 Å². The standard InChI is InChI=1S/C19H22N2O6S2/c1-2-28(23,24)18-9-4-3-8-17(18)20-19(22)15-6-5-7-16(14-15)29(25,26)21-10-12-27-13-11-21/h3-9,14H,2,10-13H2,1H3,(H,20,22). The van der Waals surface area contributed by atoms with Gasteiger partial charge in [-0.3, -0.25) is 4.79 Å². The fraction of sp³-hybridized carbons (Fsp3) is 0.316. The van der Waals surface area contributed by atoms with Crippen LogP contribution in [0.25, 0.3) is 0 Å².